The maximum atomic E-state index is 10.4. The molecule has 3 heteroatoms. The summed E-state index contributed by atoms with van der Waals surface area (Å²) in [4.78, 5) is 4.03. The fourth-order valence-electron chi connectivity index (χ4n) is 3.94. The third-order valence-electron chi connectivity index (χ3n) is 5.58. The average molecular weight is 458 g/mol. The molecule has 0 amide bonds. The van der Waals surface area contributed by atoms with Gasteiger partial charge in [-0.25, -0.2) is 0 Å². The molecule has 0 spiro atoms. The molecule has 0 bridgehead atoms. The van der Waals surface area contributed by atoms with E-state index >= 15 is 0 Å². The number of hydrogen-bond donors (Lipinski definition) is 1. The van der Waals surface area contributed by atoms with Gasteiger partial charge in [0.15, 0.2) is 0 Å². The molecule has 3 aromatic carbocycles. The van der Waals surface area contributed by atoms with Crippen LogP contribution in [0.5, 0.6) is 0 Å². The minimum absolute atomic E-state index is 0.663. The van der Waals surface area contributed by atoms with E-state index in [0.717, 1.165) is 42.5 Å². The summed E-state index contributed by atoms with van der Waals surface area (Å²) in [5.41, 5.74) is 5.77. The zero-order chi connectivity index (χ0) is 23.7. The normalized spacial score (nSPS) is 12.0. The zero-order valence-corrected chi connectivity index (χ0v) is 20.2. The quantitative estimate of drug-likeness (QED) is 0.306. The van der Waals surface area contributed by atoms with Crippen molar-refractivity contribution in [2.45, 2.75) is 45.1 Å². The number of hydrogen-bond acceptors (Lipinski definition) is 2. The SMILES string of the molecule is C=Nc1cc(Cl)ccc1/C=C\C/C=C/c1cccc(CCCc2ccccc2C(C)(C)O)c1. The summed E-state index contributed by atoms with van der Waals surface area (Å²) in [6.07, 6.45) is 12.3. The molecule has 0 aliphatic carbocycles. The lowest BCUT2D eigenvalue weighted by Gasteiger charge is -2.21. The molecule has 0 radical (unpaired) electrons. The molecule has 3 rings (SSSR count). The van der Waals surface area contributed by atoms with Crippen LogP contribution < -0.4 is 0 Å². The Kier molecular flexibility index (Phi) is 8.82. The molecule has 0 atom stereocenters. The molecule has 0 aliphatic heterocycles. The Morgan fingerprint density at radius 2 is 1.73 bits per heavy atom. The van der Waals surface area contributed by atoms with Gasteiger partial charge in [0.2, 0.25) is 0 Å². The number of rotatable bonds is 10. The van der Waals surface area contributed by atoms with Gasteiger partial charge in [-0.05, 0) is 86.2 Å². The largest absolute Gasteiger partial charge is 0.386 e. The third kappa shape index (κ3) is 7.56. The summed E-state index contributed by atoms with van der Waals surface area (Å²) in [7, 11) is 0. The molecule has 0 aliphatic rings. The van der Waals surface area contributed by atoms with Crippen molar-refractivity contribution in [2.75, 3.05) is 0 Å². The molecule has 0 fully saturated rings. The van der Waals surface area contributed by atoms with E-state index in [0.29, 0.717) is 5.02 Å². The number of aliphatic hydroxyl groups is 1. The predicted molar refractivity (Wildman–Crippen MR) is 143 cm³/mol. The van der Waals surface area contributed by atoms with Gasteiger partial charge in [-0.15, -0.1) is 0 Å². The second kappa shape index (κ2) is 11.8. The van der Waals surface area contributed by atoms with Crippen molar-refractivity contribution >= 4 is 36.2 Å². The number of halogens is 1. The van der Waals surface area contributed by atoms with E-state index in [1.807, 2.05) is 56.3 Å². The highest BCUT2D eigenvalue weighted by molar-refractivity contribution is 6.30. The number of allylic oxidation sites excluding steroid dienone is 2. The summed E-state index contributed by atoms with van der Waals surface area (Å²) in [5, 5.41) is 11.1. The summed E-state index contributed by atoms with van der Waals surface area (Å²) >= 11 is 6.01. The Hall–Kier alpha value is -2.94. The van der Waals surface area contributed by atoms with Crippen molar-refractivity contribution in [2.24, 2.45) is 4.99 Å². The van der Waals surface area contributed by atoms with E-state index in [1.165, 1.54) is 16.7 Å². The molecule has 3 aromatic rings. The first-order chi connectivity index (χ1) is 15.9. The minimum Gasteiger partial charge on any atom is -0.386 e. The van der Waals surface area contributed by atoms with Gasteiger partial charge >= 0.3 is 0 Å². The van der Waals surface area contributed by atoms with Crippen LogP contribution >= 0.6 is 11.6 Å². The molecule has 0 heterocycles. The Labute approximate surface area is 203 Å². The Morgan fingerprint density at radius 3 is 2.52 bits per heavy atom. The monoisotopic (exact) mass is 457 g/mol. The summed E-state index contributed by atoms with van der Waals surface area (Å²) in [6.45, 7) is 7.31. The minimum atomic E-state index is -0.812. The van der Waals surface area contributed by atoms with E-state index < -0.39 is 5.60 Å². The molecular weight excluding hydrogens is 426 g/mol. The second-order valence-electron chi connectivity index (χ2n) is 8.72. The molecule has 0 aromatic heterocycles. The van der Waals surface area contributed by atoms with Crippen LogP contribution in [0, 0.1) is 0 Å². The van der Waals surface area contributed by atoms with Crippen LogP contribution in [0.4, 0.5) is 5.69 Å². The van der Waals surface area contributed by atoms with E-state index in [9.17, 15) is 5.11 Å². The number of aryl methyl sites for hydroxylation is 2. The van der Waals surface area contributed by atoms with Crippen LogP contribution in [-0.2, 0) is 18.4 Å². The maximum Gasteiger partial charge on any atom is 0.0843 e. The molecule has 0 saturated heterocycles. The first-order valence-electron chi connectivity index (χ1n) is 11.4. The van der Waals surface area contributed by atoms with Crippen molar-refractivity contribution in [3.8, 4) is 0 Å². The Bertz CT molecular complexity index is 1140. The van der Waals surface area contributed by atoms with Crippen molar-refractivity contribution in [1.82, 2.24) is 0 Å². The van der Waals surface area contributed by atoms with Crippen molar-refractivity contribution in [3.63, 3.8) is 0 Å². The molecular formula is C30H32ClNO. The predicted octanol–water partition coefficient (Wildman–Crippen LogP) is 8.19. The zero-order valence-electron chi connectivity index (χ0n) is 19.5. The highest BCUT2D eigenvalue weighted by atomic mass is 35.5. The number of benzene rings is 3. The molecule has 0 unspecified atom stereocenters. The Morgan fingerprint density at radius 1 is 0.939 bits per heavy atom. The van der Waals surface area contributed by atoms with Gasteiger partial charge in [-0.2, -0.15) is 0 Å². The van der Waals surface area contributed by atoms with E-state index in [1.54, 1.807) is 0 Å². The summed E-state index contributed by atoms with van der Waals surface area (Å²) in [5.74, 6) is 0. The fraction of sp³-hybridized carbons (Fsp3) is 0.233. The lowest BCUT2D eigenvalue weighted by atomic mass is 9.90. The number of aliphatic imine (C=N–C) groups is 1. The lowest BCUT2D eigenvalue weighted by Crippen LogP contribution is -2.18. The van der Waals surface area contributed by atoms with Crippen molar-refractivity contribution in [3.05, 3.63) is 112 Å². The van der Waals surface area contributed by atoms with Crippen molar-refractivity contribution < 1.29 is 5.11 Å². The van der Waals surface area contributed by atoms with Crippen LogP contribution in [-0.4, -0.2) is 11.8 Å². The first-order valence-corrected chi connectivity index (χ1v) is 11.7. The average Bonchev–Trinajstić information content (AvgIpc) is 2.79. The molecule has 170 valence electrons. The summed E-state index contributed by atoms with van der Waals surface area (Å²) < 4.78 is 0. The van der Waals surface area contributed by atoms with Gasteiger partial charge in [0.1, 0.15) is 0 Å². The highest BCUT2D eigenvalue weighted by Crippen LogP contribution is 2.26. The highest BCUT2D eigenvalue weighted by Gasteiger charge is 2.18. The van der Waals surface area contributed by atoms with Crippen LogP contribution in [0.1, 0.15) is 54.5 Å². The van der Waals surface area contributed by atoms with E-state index in [-0.39, 0.29) is 0 Å². The molecule has 33 heavy (non-hydrogen) atoms. The van der Waals surface area contributed by atoms with Crippen LogP contribution in [0.25, 0.3) is 12.2 Å². The van der Waals surface area contributed by atoms with Gasteiger partial charge in [0, 0.05) is 5.02 Å². The van der Waals surface area contributed by atoms with Crippen LogP contribution in [0.15, 0.2) is 83.9 Å². The fourth-order valence-corrected chi connectivity index (χ4v) is 4.11. The third-order valence-corrected chi connectivity index (χ3v) is 5.82. The van der Waals surface area contributed by atoms with Gasteiger partial charge in [0.05, 0.1) is 11.3 Å². The van der Waals surface area contributed by atoms with Gasteiger partial charge in [0.25, 0.3) is 0 Å². The van der Waals surface area contributed by atoms with E-state index in [4.69, 9.17) is 11.6 Å². The van der Waals surface area contributed by atoms with Gasteiger partial charge in [-0.1, -0.05) is 90.5 Å². The van der Waals surface area contributed by atoms with Crippen LogP contribution in [0.3, 0.4) is 0 Å². The smallest absolute Gasteiger partial charge is 0.0843 e. The topological polar surface area (TPSA) is 32.6 Å². The Balaban J connectivity index is 1.54. The van der Waals surface area contributed by atoms with Gasteiger partial charge < -0.3 is 5.11 Å². The molecule has 1 N–H and O–H groups in total. The van der Waals surface area contributed by atoms with Gasteiger partial charge in [-0.3, -0.25) is 4.99 Å². The van der Waals surface area contributed by atoms with E-state index in [2.05, 4.69) is 60.3 Å². The van der Waals surface area contributed by atoms with Crippen LogP contribution in [0.2, 0.25) is 5.02 Å². The standard InChI is InChI=1S/C30H32ClNO/c1-30(2,33)28-18-8-7-15-25(28)17-10-14-24-13-9-12-23(21-24)11-5-4-6-16-26-19-20-27(31)22-29(26)32-3/h5-9,11-13,15-16,18-22,33H,3-4,10,14,17H2,1-2H3/b11-5+,16-6-. The molecule has 2 nitrogen and oxygen atoms in total. The maximum absolute atomic E-state index is 10.4. The number of nitrogens with zero attached hydrogens (tertiary/aromatic N) is 1. The second-order valence-corrected chi connectivity index (χ2v) is 9.15. The first kappa shape index (κ1) is 24.7. The van der Waals surface area contributed by atoms with Crippen molar-refractivity contribution in [1.29, 1.82) is 0 Å². The lowest BCUT2D eigenvalue weighted by molar-refractivity contribution is 0.0776. The summed E-state index contributed by atoms with van der Waals surface area (Å²) in [6, 6.07) is 22.5. The molecule has 0 saturated carbocycles.